The lowest BCUT2D eigenvalue weighted by Crippen LogP contribution is -2.16. The van der Waals surface area contributed by atoms with E-state index in [0.29, 0.717) is 6.61 Å². The third-order valence-corrected chi connectivity index (χ3v) is 2.35. The highest BCUT2D eigenvalue weighted by atomic mass is 19.4. The van der Waals surface area contributed by atoms with E-state index >= 15 is 0 Å². The first-order valence-electron chi connectivity index (χ1n) is 6.03. The lowest BCUT2D eigenvalue weighted by molar-refractivity contribution is -0.145. The molecule has 0 saturated heterocycles. The van der Waals surface area contributed by atoms with Crippen molar-refractivity contribution in [1.29, 1.82) is 0 Å². The number of hydrazine groups is 1. The fraction of sp³-hybridized carbons (Fsp3) is 0.636. The summed E-state index contributed by atoms with van der Waals surface area (Å²) in [6, 6.07) is 1.23. The molecule has 1 aromatic heterocycles. The maximum Gasteiger partial charge on any atom is 0.451 e. The second kappa shape index (κ2) is 7.13. The molecule has 1 aromatic rings. The summed E-state index contributed by atoms with van der Waals surface area (Å²) in [5.41, 5.74) is 2.06. The minimum Gasteiger partial charge on any atom is -0.478 e. The van der Waals surface area contributed by atoms with Gasteiger partial charge < -0.3 is 10.2 Å². The van der Waals surface area contributed by atoms with Gasteiger partial charge in [0.05, 0.1) is 6.61 Å². The normalized spacial score (nSPS) is 11.4. The van der Waals surface area contributed by atoms with Gasteiger partial charge in [0.1, 0.15) is 5.82 Å². The zero-order valence-corrected chi connectivity index (χ0v) is 10.6. The third kappa shape index (κ3) is 5.29. The van der Waals surface area contributed by atoms with Crippen LogP contribution in [0.3, 0.4) is 0 Å². The molecule has 0 aromatic carbocycles. The molecular weight excluding hydrogens is 261 g/mol. The quantitative estimate of drug-likeness (QED) is 0.456. The number of unbranched alkanes of at least 4 members (excludes halogenated alkanes) is 3. The van der Waals surface area contributed by atoms with Crippen LogP contribution in [0, 0.1) is 0 Å². The Kier molecular flexibility index (Phi) is 5.81. The molecule has 0 spiro atoms. The van der Waals surface area contributed by atoms with Gasteiger partial charge in [-0.15, -0.1) is 0 Å². The Balaban J connectivity index is 2.67. The molecule has 0 saturated carbocycles. The van der Waals surface area contributed by atoms with Crippen LogP contribution in [-0.4, -0.2) is 16.6 Å². The molecular formula is C11H17F3N4O. The van der Waals surface area contributed by atoms with Crippen molar-refractivity contribution in [1.82, 2.24) is 9.97 Å². The number of anilines is 1. The van der Waals surface area contributed by atoms with E-state index in [1.54, 1.807) is 0 Å². The number of aromatic nitrogens is 2. The number of hydrogen-bond donors (Lipinski definition) is 2. The van der Waals surface area contributed by atoms with Gasteiger partial charge in [-0.2, -0.15) is 18.2 Å². The van der Waals surface area contributed by atoms with Gasteiger partial charge in [0.25, 0.3) is 0 Å². The monoisotopic (exact) mass is 278 g/mol. The molecule has 0 bridgehead atoms. The fourth-order valence-corrected chi connectivity index (χ4v) is 1.41. The van der Waals surface area contributed by atoms with Crippen molar-refractivity contribution in [2.45, 2.75) is 38.8 Å². The smallest absolute Gasteiger partial charge is 0.451 e. The van der Waals surface area contributed by atoms with Gasteiger partial charge in [-0.1, -0.05) is 26.2 Å². The van der Waals surface area contributed by atoms with Crippen molar-refractivity contribution in [2.75, 3.05) is 12.0 Å². The molecule has 108 valence electrons. The molecule has 5 nitrogen and oxygen atoms in total. The van der Waals surface area contributed by atoms with Gasteiger partial charge in [-0.3, -0.25) is 0 Å². The van der Waals surface area contributed by atoms with E-state index in [9.17, 15) is 13.2 Å². The SMILES string of the molecule is CCCCCCOc1cc(NN)nc(C(F)(F)F)n1. The summed E-state index contributed by atoms with van der Waals surface area (Å²) < 4.78 is 42.8. The van der Waals surface area contributed by atoms with Crippen molar-refractivity contribution < 1.29 is 17.9 Å². The average molecular weight is 278 g/mol. The van der Waals surface area contributed by atoms with Crippen LogP contribution in [0.15, 0.2) is 6.07 Å². The molecule has 0 aliphatic carbocycles. The number of ether oxygens (including phenoxy) is 1. The lowest BCUT2D eigenvalue weighted by atomic mass is 10.2. The summed E-state index contributed by atoms with van der Waals surface area (Å²) in [4.78, 5) is 6.55. The van der Waals surface area contributed by atoms with Crippen molar-refractivity contribution >= 4 is 5.82 Å². The Labute approximate surface area is 109 Å². The Hall–Kier alpha value is -1.57. The first-order valence-corrected chi connectivity index (χ1v) is 6.03. The number of nitrogen functional groups attached to an aromatic ring is 1. The maximum atomic E-state index is 12.5. The highest BCUT2D eigenvalue weighted by Gasteiger charge is 2.35. The Bertz CT molecular complexity index is 398. The first-order chi connectivity index (χ1) is 8.97. The van der Waals surface area contributed by atoms with Gasteiger partial charge in [-0.05, 0) is 6.42 Å². The zero-order valence-electron chi connectivity index (χ0n) is 10.6. The van der Waals surface area contributed by atoms with E-state index < -0.39 is 12.0 Å². The maximum absolute atomic E-state index is 12.5. The minimum absolute atomic E-state index is 0.133. The predicted molar refractivity (Wildman–Crippen MR) is 64.5 cm³/mol. The Morgan fingerprint density at radius 3 is 2.58 bits per heavy atom. The van der Waals surface area contributed by atoms with Gasteiger partial charge >= 0.3 is 6.18 Å². The highest BCUT2D eigenvalue weighted by molar-refractivity contribution is 5.37. The minimum atomic E-state index is -4.63. The van der Waals surface area contributed by atoms with Crippen molar-refractivity contribution in [3.8, 4) is 5.88 Å². The van der Waals surface area contributed by atoms with Gasteiger partial charge in [0, 0.05) is 6.07 Å². The van der Waals surface area contributed by atoms with Crippen LogP contribution >= 0.6 is 0 Å². The van der Waals surface area contributed by atoms with E-state index in [-0.39, 0.29) is 11.7 Å². The van der Waals surface area contributed by atoms with Crippen LogP contribution in [0.5, 0.6) is 5.88 Å². The first kappa shape index (κ1) is 15.5. The number of nitrogens with one attached hydrogen (secondary N) is 1. The molecule has 0 amide bonds. The predicted octanol–water partition coefficient (Wildman–Crippen LogP) is 2.74. The van der Waals surface area contributed by atoms with E-state index in [0.717, 1.165) is 25.7 Å². The molecule has 8 heteroatoms. The standard InChI is InChI=1S/C11H17F3N4O/c1-2-3-4-5-6-19-9-7-8(18-15)16-10(17-9)11(12,13)14/h7H,2-6,15H2,1H3,(H,16,17,18). The van der Waals surface area contributed by atoms with Crippen LogP contribution < -0.4 is 16.0 Å². The lowest BCUT2D eigenvalue weighted by Gasteiger charge is -2.10. The van der Waals surface area contributed by atoms with Crippen molar-refractivity contribution in [2.24, 2.45) is 5.84 Å². The summed E-state index contributed by atoms with van der Waals surface area (Å²) in [5.74, 6) is 3.52. The Morgan fingerprint density at radius 2 is 2.00 bits per heavy atom. The molecule has 19 heavy (non-hydrogen) atoms. The van der Waals surface area contributed by atoms with Crippen LogP contribution in [0.25, 0.3) is 0 Å². The van der Waals surface area contributed by atoms with Crippen LogP contribution in [0.4, 0.5) is 19.0 Å². The Morgan fingerprint density at radius 1 is 1.26 bits per heavy atom. The van der Waals surface area contributed by atoms with Gasteiger partial charge in [-0.25, -0.2) is 10.8 Å². The average Bonchev–Trinajstić information content (AvgIpc) is 2.37. The second-order valence-corrected chi connectivity index (χ2v) is 3.97. The summed E-state index contributed by atoms with van der Waals surface area (Å²) in [5, 5.41) is 0. The summed E-state index contributed by atoms with van der Waals surface area (Å²) in [6.07, 6.45) is -0.753. The van der Waals surface area contributed by atoms with Gasteiger partial charge in [0.2, 0.25) is 11.7 Å². The van der Waals surface area contributed by atoms with E-state index in [1.807, 2.05) is 0 Å². The number of alkyl halides is 3. The third-order valence-electron chi connectivity index (χ3n) is 2.35. The molecule has 1 heterocycles. The number of nitrogens with zero attached hydrogens (tertiary/aromatic N) is 2. The molecule has 0 aliphatic rings. The van der Waals surface area contributed by atoms with Crippen LogP contribution in [-0.2, 0) is 6.18 Å². The fourth-order valence-electron chi connectivity index (χ4n) is 1.41. The second-order valence-electron chi connectivity index (χ2n) is 3.97. The zero-order chi connectivity index (χ0) is 14.3. The molecule has 0 unspecified atom stereocenters. The largest absolute Gasteiger partial charge is 0.478 e. The van der Waals surface area contributed by atoms with Crippen LogP contribution in [0.1, 0.15) is 38.4 Å². The molecule has 0 radical (unpaired) electrons. The van der Waals surface area contributed by atoms with Crippen LogP contribution in [0.2, 0.25) is 0 Å². The number of rotatable bonds is 7. The molecule has 3 N–H and O–H groups in total. The van der Waals surface area contributed by atoms with Gasteiger partial charge in [0.15, 0.2) is 0 Å². The van der Waals surface area contributed by atoms with E-state index in [1.165, 1.54) is 6.07 Å². The van der Waals surface area contributed by atoms with Crippen molar-refractivity contribution in [3.05, 3.63) is 11.9 Å². The van der Waals surface area contributed by atoms with E-state index in [4.69, 9.17) is 10.6 Å². The highest BCUT2D eigenvalue weighted by Crippen LogP contribution is 2.28. The molecule has 0 fully saturated rings. The molecule has 1 rings (SSSR count). The summed E-state index contributed by atoms with van der Waals surface area (Å²) in [6.45, 7) is 2.39. The molecule has 0 atom stereocenters. The summed E-state index contributed by atoms with van der Waals surface area (Å²) >= 11 is 0. The number of hydrogen-bond acceptors (Lipinski definition) is 5. The summed E-state index contributed by atoms with van der Waals surface area (Å²) in [7, 11) is 0. The number of halogens is 3. The topological polar surface area (TPSA) is 73.1 Å². The molecule has 0 aliphatic heterocycles. The number of nitrogens with two attached hydrogens (primary N) is 1. The van der Waals surface area contributed by atoms with Crippen molar-refractivity contribution in [3.63, 3.8) is 0 Å². The van der Waals surface area contributed by atoms with E-state index in [2.05, 4.69) is 22.3 Å².